The zero-order valence-corrected chi connectivity index (χ0v) is 11.3. The minimum Gasteiger partial charge on any atom is -0.370 e. The Kier molecular flexibility index (Phi) is 2.50. The Labute approximate surface area is 115 Å². The summed E-state index contributed by atoms with van der Waals surface area (Å²) in [6, 6.07) is 7.47. The molecule has 1 aliphatic rings. The van der Waals surface area contributed by atoms with E-state index in [1.165, 1.54) is 0 Å². The van der Waals surface area contributed by atoms with Gasteiger partial charge in [-0.25, -0.2) is 4.99 Å². The zero-order valence-electron chi connectivity index (χ0n) is 10.6. The fourth-order valence-corrected chi connectivity index (χ4v) is 2.38. The lowest BCUT2D eigenvalue weighted by molar-refractivity contribution is 0.377. The van der Waals surface area contributed by atoms with Crippen molar-refractivity contribution in [1.29, 1.82) is 0 Å². The van der Waals surface area contributed by atoms with E-state index in [4.69, 9.17) is 17.3 Å². The Bertz CT molecular complexity index is 673. The molecule has 6 nitrogen and oxygen atoms in total. The molecular weight excluding hydrogens is 264 g/mol. The molecule has 0 aliphatic carbocycles. The second-order valence-electron chi connectivity index (χ2n) is 4.81. The van der Waals surface area contributed by atoms with E-state index in [2.05, 4.69) is 20.5 Å². The van der Waals surface area contributed by atoms with E-state index in [1.807, 2.05) is 42.7 Å². The van der Waals surface area contributed by atoms with Crippen LogP contribution in [0.1, 0.15) is 13.8 Å². The third-order valence-corrected chi connectivity index (χ3v) is 3.16. The highest BCUT2D eigenvalue weighted by molar-refractivity contribution is 6.30. The molecule has 1 aromatic heterocycles. The molecule has 2 aromatic rings. The molecule has 0 saturated heterocycles. The van der Waals surface area contributed by atoms with E-state index in [0.717, 1.165) is 5.56 Å². The zero-order chi connectivity index (χ0) is 13.6. The second-order valence-corrected chi connectivity index (χ2v) is 5.25. The number of halogens is 1. The first-order valence-electron chi connectivity index (χ1n) is 5.81. The number of aliphatic imine (C=N–C) groups is 1. The van der Waals surface area contributed by atoms with Crippen LogP contribution < -0.4 is 11.1 Å². The highest BCUT2D eigenvalue weighted by Gasteiger charge is 2.31. The molecule has 0 radical (unpaired) electrons. The van der Waals surface area contributed by atoms with Gasteiger partial charge in [-0.15, -0.1) is 10.2 Å². The average molecular weight is 277 g/mol. The molecule has 2 heterocycles. The number of hydrogen-bond acceptors (Lipinski definition) is 5. The number of hydrogen-bond donors (Lipinski definition) is 2. The summed E-state index contributed by atoms with van der Waals surface area (Å²) < 4.78 is 1.90. The Morgan fingerprint density at radius 2 is 2.11 bits per heavy atom. The molecule has 98 valence electrons. The third-order valence-electron chi connectivity index (χ3n) is 2.93. The monoisotopic (exact) mass is 276 g/mol. The Hall–Kier alpha value is -2.08. The van der Waals surface area contributed by atoms with Crippen molar-refractivity contribution in [2.75, 3.05) is 5.32 Å². The summed E-state index contributed by atoms with van der Waals surface area (Å²) in [7, 11) is 0. The molecule has 0 saturated carbocycles. The number of rotatable bonds is 1. The number of nitrogens with one attached hydrogen (secondary N) is 1. The number of benzene rings is 1. The fourth-order valence-electron chi connectivity index (χ4n) is 2.19. The Balaban J connectivity index is 2.19. The summed E-state index contributed by atoms with van der Waals surface area (Å²) in [5.74, 6) is 1.61. The van der Waals surface area contributed by atoms with Gasteiger partial charge in [-0.05, 0) is 26.0 Å². The van der Waals surface area contributed by atoms with Crippen LogP contribution in [0.3, 0.4) is 0 Å². The van der Waals surface area contributed by atoms with Crippen molar-refractivity contribution < 1.29 is 0 Å². The van der Waals surface area contributed by atoms with Gasteiger partial charge in [0.2, 0.25) is 5.95 Å². The van der Waals surface area contributed by atoms with Gasteiger partial charge in [-0.3, -0.25) is 9.88 Å². The molecule has 0 spiro atoms. The number of anilines is 1. The van der Waals surface area contributed by atoms with Crippen LogP contribution in [-0.2, 0) is 5.66 Å². The van der Waals surface area contributed by atoms with Crippen LogP contribution in [0.4, 0.5) is 5.95 Å². The van der Waals surface area contributed by atoms with E-state index in [1.54, 1.807) is 0 Å². The van der Waals surface area contributed by atoms with Gasteiger partial charge in [-0.1, -0.05) is 23.7 Å². The highest BCUT2D eigenvalue weighted by Crippen LogP contribution is 2.32. The van der Waals surface area contributed by atoms with Crippen molar-refractivity contribution >= 4 is 23.5 Å². The first-order valence-corrected chi connectivity index (χ1v) is 6.19. The molecule has 3 N–H and O–H groups in total. The number of nitrogens with zero attached hydrogens (tertiary/aromatic N) is 4. The van der Waals surface area contributed by atoms with Crippen LogP contribution >= 0.6 is 11.6 Å². The maximum atomic E-state index is 6.02. The van der Waals surface area contributed by atoms with Gasteiger partial charge in [-0.2, -0.15) is 0 Å². The number of nitrogens with two attached hydrogens (primary N) is 1. The summed E-state index contributed by atoms with van der Waals surface area (Å²) in [5.41, 5.74) is 6.07. The summed E-state index contributed by atoms with van der Waals surface area (Å²) in [6.45, 7) is 3.89. The SMILES string of the molecule is CC1(C)N=C(N)Nc2nnc(-c3cccc(Cl)c3)n21. The van der Waals surface area contributed by atoms with Crippen molar-refractivity contribution in [3.63, 3.8) is 0 Å². The topological polar surface area (TPSA) is 81.1 Å². The average Bonchev–Trinajstić information content (AvgIpc) is 2.72. The van der Waals surface area contributed by atoms with Crippen LogP contribution in [0, 0.1) is 0 Å². The lowest BCUT2D eigenvalue weighted by atomic mass is 10.1. The molecule has 0 unspecified atom stereocenters. The highest BCUT2D eigenvalue weighted by atomic mass is 35.5. The molecule has 1 aliphatic heterocycles. The molecule has 7 heteroatoms. The molecule has 19 heavy (non-hydrogen) atoms. The number of aromatic nitrogens is 3. The van der Waals surface area contributed by atoms with Crippen LogP contribution in [0.15, 0.2) is 29.3 Å². The van der Waals surface area contributed by atoms with E-state index in [9.17, 15) is 0 Å². The molecule has 0 amide bonds. The van der Waals surface area contributed by atoms with Gasteiger partial charge in [0.1, 0.15) is 5.66 Å². The van der Waals surface area contributed by atoms with Crippen LogP contribution in [0.2, 0.25) is 5.02 Å². The normalized spacial score (nSPS) is 16.5. The lowest BCUT2D eigenvalue weighted by Gasteiger charge is -2.29. The quantitative estimate of drug-likeness (QED) is 0.835. The fraction of sp³-hybridized carbons (Fsp3) is 0.250. The first kappa shape index (κ1) is 12.0. The summed E-state index contributed by atoms with van der Waals surface area (Å²) in [6.07, 6.45) is 0. The first-order chi connectivity index (χ1) is 8.97. The minimum absolute atomic E-state index is 0.336. The molecule has 1 aromatic carbocycles. The van der Waals surface area contributed by atoms with Gasteiger partial charge in [0.05, 0.1) is 0 Å². The molecule has 0 fully saturated rings. The van der Waals surface area contributed by atoms with E-state index >= 15 is 0 Å². The maximum Gasteiger partial charge on any atom is 0.233 e. The molecule has 0 atom stereocenters. The van der Waals surface area contributed by atoms with Crippen LogP contribution in [-0.4, -0.2) is 20.7 Å². The second kappa shape index (κ2) is 3.96. The molecular formula is C12H13ClN6. The minimum atomic E-state index is -0.550. The largest absolute Gasteiger partial charge is 0.370 e. The lowest BCUT2D eigenvalue weighted by Crippen LogP contribution is -2.38. The van der Waals surface area contributed by atoms with Gasteiger partial charge in [0, 0.05) is 10.6 Å². The van der Waals surface area contributed by atoms with Gasteiger partial charge in [0.25, 0.3) is 0 Å². The maximum absolute atomic E-state index is 6.02. The van der Waals surface area contributed by atoms with Crippen molar-refractivity contribution in [3.8, 4) is 11.4 Å². The van der Waals surface area contributed by atoms with Gasteiger partial charge >= 0.3 is 0 Å². The van der Waals surface area contributed by atoms with Crippen molar-refractivity contribution in [2.24, 2.45) is 10.7 Å². The Morgan fingerprint density at radius 3 is 2.84 bits per heavy atom. The number of fused-ring (bicyclic) bond motifs is 1. The van der Waals surface area contributed by atoms with E-state index < -0.39 is 5.66 Å². The van der Waals surface area contributed by atoms with E-state index in [0.29, 0.717) is 22.8 Å². The molecule has 0 bridgehead atoms. The van der Waals surface area contributed by atoms with Gasteiger partial charge in [0.15, 0.2) is 11.8 Å². The molecule has 3 rings (SSSR count). The van der Waals surface area contributed by atoms with Crippen molar-refractivity contribution in [1.82, 2.24) is 14.8 Å². The summed E-state index contributed by atoms with van der Waals surface area (Å²) >= 11 is 6.02. The van der Waals surface area contributed by atoms with Crippen molar-refractivity contribution in [3.05, 3.63) is 29.3 Å². The predicted octanol–water partition coefficient (Wildman–Crippen LogP) is 2.03. The van der Waals surface area contributed by atoms with E-state index in [-0.39, 0.29) is 0 Å². The number of guanidine groups is 1. The summed E-state index contributed by atoms with van der Waals surface area (Å²) in [5, 5.41) is 11.9. The predicted molar refractivity (Wildman–Crippen MR) is 75.0 cm³/mol. The van der Waals surface area contributed by atoms with Crippen molar-refractivity contribution in [2.45, 2.75) is 19.5 Å². The Morgan fingerprint density at radius 1 is 1.32 bits per heavy atom. The van der Waals surface area contributed by atoms with Gasteiger partial charge < -0.3 is 5.73 Å². The smallest absolute Gasteiger partial charge is 0.233 e. The standard InChI is InChI=1S/C12H13ClN6/c1-12(2)16-10(14)15-11-18-17-9(19(11)12)7-4-3-5-8(13)6-7/h3-6H,1-2H3,(H3,14,15,16,18). The third kappa shape index (κ3) is 1.94. The summed E-state index contributed by atoms with van der Waals surface area (Å²) in [4.78, 5) is 4.37. The van der Waals surface area contributed by atoms with Crippen LogP contribution in [0.5, 0.6) is 0 Å². The van der Waals surface area contributed by atoms with Crippen LogP contribution in [0.25, 0.3) is 11.4 Å².